The molecule has 96 valence electrons. The summed E-state index contributed by atoms with van der Waals surface area (Å²) in [5.74, 6) is 0. The van der Waals surface area contributed by atoms with Crippen molar-refractivity contribution >= 4 is 21.6 Å². The Hall–Kier alpha value is -1.05. The van der Waals surface area contributed by atoms with Crippen molar-refractivity contribution in [2.75, 3.05) is 18.1 Å². The van der Waals surface area contributed by atoms with Crippen LogP contribution in [0.4, 0.5) is 5.69 Å². The second-order valence-electron chi connectivity index (χ2n) is 4.65. The van der Waals surface area contributed by atoms with Gasteiger partial charge in [0, 0.05) is 11.0 Å². The maximum absolute atomic E-state index is 9.53. The summed E-state index contributed by atoms with van der Waals surface area (Å²) in [6, 6.07) is 8.15. The number of nitrogens with zero attached hydrogens (tertiary/aromatic N) is 2. The van der Waals surface area contributed by atoms with Crippen LogP contribution in [0.15, 0.2) is 22.7 Å². The van der Waals surface area contributed by atoms with Crippen LogP contribution in [-0.2, 0) is 0 Å². The Kier molecular flexibility index (Phi) is 4.62. The van der Waals surface area contributed by atoms with Gasteiger partial charge in [-0.05, 0) is 31.0 Å². The van der Waals surface area contributed by atoms with E-state index in [1.165, 1.54) is 6.42 Å². The molecule has 0 aliphatic carbocycles. The topological polar surface area (TPSA) is 47.3 Å². The van der Waals surface area contributed by atoms with Crippen LogP contribution in [0.3, 0.4) is 0 Å². The molecule has 1 aromatic carbocycles. The van der Waals surface area contributed by atoms with Gasteiger partial charge in [-0.1, -0.05) is 28.8 Å². The molecule has 0 spiro atoms. The van der Waals surface area contributed by atoms with Crippen LogP contribution in [0.1, 0.15) is 31.2 Å². The van der Waals surface area contributed by atoms with Crippen LogP contribution >= 0.6 is 15.9 Å². The molecule has 18 heavy (non-hydrogen) atoms. The molecule has 1 atom stereocenters. The van der Waals surface area contributed by atoms with Gasteiger partial charge < -0.3 is 10.0 Å². The smallest absolute Gasteiger partial charge is 0.101 e. The minimum Gasteiger partial charge on any atom is -0.394 e. The summed E-state index contributed by atoms with van der Waals surface area (Å²) in [6.45, 7) is 1.07. The van der Waals surface area contributed by atoms with Crippen LogP contribution in [-0.4, -0.2) is 24.3 Å². The molecule has 1 N–H and O–H groups in total. The highest BCUT2D eigenvalue weighted by atomic mass is 79.9. The molecule has 0 amide bonds. The van der Waals surface area contributed by atoms with E-state index in [1.54, 1.807) is 0 Å². The number of aliphatic hydroxyl groups is 1. The third-order valence-electron chi connectivity index (χ3n) is 3.48. The Morgan fingerprint density at radius 2 is 2.22 bits per heavy atom. The maximum Gasteiger partial charge on any atom is 0.101 e. The van der Waals surface area contributed by atoms with Gasteiger partial charge >= 0.3 is 0 Å². The lowest BCUT2D eigenvalue weighted by molar-refractivity contribution is 0.255. The minimum atomic E-state index is 0.140. The average molecular weight is 309 g/mol. The fraction of sp³-hybridized carbons (Fsp3) is 0.500. The van der Waals surface area contributed by atoms with E-state index in [0.29, 0.717) is 5.56 Å². The van der Waals surface area contributed by atoms with E-state index >= 15 is 0 Å². The summed E-state index contributed by atoms with van der Waals surface area (Å²) in [4.78, 5) is 2.19. The van der Waals surface area contributed by atoms with Crippen molar-refractivity contribution in [3.63, 3.8) is 0 Å². The SMILES string of the molecule is N#Cc1cc(Br)ccc1N1CCCCCC1CO. The Morgan fingerprint density at radius 3 is 2.94 bits per heavy atom. The minimum absolute atomic E-state index is 0.140. The highest BCUT2D eigenvalue weighted by Crippen LogP contribution is 2.29. The van der Waals surface area contributed by atoms with E-state index in [4.69, 9.17) is 0 Å². The third-order valence-corrected chi connectivity index (χ3v) is 3.97. The molecule has 1 fully saturated rings. The Bertz CT molecular complexity index is 456. The van der Waals surface area contributed by atoms with Gasteiger partial charge in [0.2, 0.25) is 0 Å². The van der Waals surface area contributed by atoms with E-state index in [9.17, 15) is 10.4 Å². The third kappa shape index (κ3) is 2.85. The van der Waals surface area contributed by atoms with E-state index in [-0.39, 0.29) is 12.6 Å². The molecule has 0 aromatic heterocycles. The van der Waals surface area contributed by atoms with Gasteiger partial charge in [0.15, 0.2) is 0 Å². The molecule has 0 bridgehead atoms. The van der Waals surface area contributed by atoms with Crippen LogP contribution in [0.25, 0.3) is 0 Å². The van der Waals surface area contributed by atoms with Crippen molar-refractivity contribution in [3.8, 4) is 6.07 Å². The van der Waals surface area contributed by atoms with Gasteiger partial charge in [-0.2, -0.15) is 5.26 Å². The lowest BCUT2D eigenvalue weighted by Crippen LogP contribution is -2.38. The fourth-order valence-corrected chi connectivity index (χ4v) is 2.89. The number of aliphatic hydroxyl groups excluding tert-OH is 1. The normalized spacial score (nSPS) is 20.3. The standard InChI is InChI=1S/C14H17BrN2O/c15-12-5-6-14(11(8-12)9-16)17-7-3-1-2-4-13(17)10-18/h5-6,8,13,18H,1-4,7,10H2. The quantitative estimate of drug-likeness (QED) is 0.913. The lowest BCUT2D eigenvalue weighted by Gasteiger charge is -2.31. The number of rotatable bonds is 2. The van der Waals surface area contributed by atoms with Gasteiger partial charge in [0.1, 0.15) is 6.07 Å². The first-order valence-corrected chi connectivity index (χ1v) is 7.12. The van der Waals surface area contributed by atoms with E-state index in [0.717, 1.165) is 36.0 Å². The fourth-order valence-electron chi connectivity index (χ4n) is 2.53. The molecule has 2 rings (SSSR count). The van der Waals surface area contributed by atoms with Crippen molar-refractivity contribution in [1.82, 2.24) is 0 Å². The van der Waals surface area contributed by atoms with Crippen molar-refractivity contribution < 1.29 is 5.11 Å². The van der Waals surface area contributed by atoms with E-state index in [2.05, 4.69) is 26.9 Å². The first kappa shape index (κ1) is 13.4. The van der Waals surface area contributed by atoms with E-state index in [1.807, 2.05) is 18.2 Å². The number of benzene rings is 1. The molecule has 4 heteroatoms. The highest BCUT2D eigenvalue weighted by Gasteiger charge is 2.22. The number of anilines is 1. The molecule has 1 aliphatic rings. The number of nitriles is 1. The van der Waals surface area contributed by atoms with Crippen molar-refractivity contribution in [2.24, 2.45) is 0 Å². The van der Waals surface area contributed by atoms with Crippen molar-refractivity contribution in [3.05, 3.63) is 28.2 Å². The van der Waals surface area contributed by atoms with Crippen molar-refractivity contribution in [2.45, 2.75) is 31.7 Å². The van der Waals surface area contributed by atoms with Gasteiger partial charge in [0.25, 0.3) is 0 Å². The largest absolute Gasteiger partial charge is 0.394 e. The Labute approximate surface area is 116 Å². The molecule has 3 nitrogen and oxygen atoms in total. The molecule has 1 aliphatic heterocycles. The molecule has 1 unspecified atom stereocenters. The molecule has 0 saturated carbocycles. The summed E-state index contributed by atoms with van der Waals surface area (Å²) in [5.41, 5.74) is 1.62. The van der Waals surface area contributed by atoms with E-state index < -0.39 is 0 Å². The summed E-state index contributed by atoms with van der Waals surface area (Å²) >= 11 is 3.39. The van der Waals surface area contributed by atoms with Crippen LogP contribution < -0.4 is 4.90 Å². The molecule has 1 saturated heterocycles. The molecule has 0 radical (unpaired) electrons. The Morgan fingerprint density at radius 1 is 1.39 bits per heavy atom. The summed E-state index contributed by atoms with van der Waals surface area (Å²) in [6.07, 6.45) is 4.47. The highest BCUT2D eigenvalue weighted by molar-refractivity contribution is 9.10. The van der Waals surface area contributed by atoms with Gasteiger partial charge in [-0.25, -0.2) is 0 Å². The number of hydrogen-bond acceptors (Lipinski definition) is 3. The summed E-state index contributed by atoms with van der Waals surface area (Å²) in [7, 11) is 0. The van der Waals surface area contributed by atoms with Crippen LogP contribution in [0.2, 0.25) is 0 Å². The second-order valence-corrected chi connectivity index (χ2v) is 5.57. The molecular weight excluding hydrogens is 292 g/mol. The molecular formula is C14H17BrN2O. The first-order valence-electron chi connectivity index (χ1n) is 6.33. The summed E-state index contributed by atoms with van der Waals surface area (Å²) < 4.78 is 0.915. The molecule has 1 heterocycles. The monoisotopic (exact) mass is 308 g/mol. The van der Waals surface area contributed by atoms with Gasteiger partial charge in [-0.15, -0.1) is 0 Å². The summed E-state index contributed by atoms with van der Waals surface area (Å²) in [5, 5.41) is 18.8. The predicted octanol–water partition coefficient (Wildman–Crippen LogP) is 3.06. The van der Waals surface area contributed by atoms with Crippen LogP contribution in [0, 0.1) is 11.3 Å². The lowest BCUT2D eigenvalue weighted by atomic mass is 10.1. The number of hydrogen-bond donors (Lipinski definition) is 1. The predicted molar refractivity (Wildman–Crippen MR) is 75.5 cm³/mol. The molecule has 1 aromatic rings. The average Bonchev–Trinajstić information content (AvgIpc) is 2.63. The zero-order valence-electron chi connectivity index (χ0n) is 10.3. The van der Waals surface area contributed by atoms with Gasteiger partial charge in [0.05, 0.1) is 23.9 Å². The zero-order valence-corrected chi connectivity index (χ0v) is 11.9. The first-order chi connectivity index (χ1) is 8.76. The second kappa shape index (κ2) is 6.21. The zero-order chi connectivity index (χ0) is 13.0. The van der Waals surface area contributed by atoms with Crippen molar-refractivity contribution in [1.29, 1.82) is 5.26 Å². The Balaban J connectivity index is 2.36. The van der Waals surface area contributed by atoms with Gasteiger partial charge in [-0.3, -0.25) is 0 Å². The van der Waals surface area contributed by atoms with Crippen LogP contribution in [0.5, 0.6) is 0 Å². The maximum atomic E-state index is 9.53. The number of halogens is 1.